The second-order valence-corrected chi connectivity index (χ2v) is 4.11. The number of aromatic nitrogens is 2. The van der Waals surface area contributed by atoms with E-state index in [0.717, 1.165) is 12.8 Å². The summed E-state index contributed by atoms with van der Waals surface area (Å²) in [6.07, 6.45) is 5.86. The molecule has 1 aromatic rings. The SMILES string of the molecule is Cn1ccnc1C(O)C1(O)CCCC1. The maximum atomic E-state index is 10.2. The molecule has 1 heterocycles. The quantitative estimate of drug-likeness (QED) is 0.734. The molecule has 0 radical (unpaired) electrons. The third-order valence-electron chi connectivity index (χ3n) is 3.08. The minimum absolute atomic E-state index is 0.550. The van der Waals surface area contributed by atoms with Crippen molar-refractivity contribution in [2.24, 2.45) is 7.05 Å². The summed E-state index contributed by atoms with van der Waals surface area (Å²) < 4.78 is 1.75. The highest BCUT2D eigenvalue weighted by atomic mass is 16.3. The number of rotatable bonds is 2. The van der Waals surface area contributed by atoms with Crippen molar-refractivity contribution in [3.63, 3.8) is 0 Å². The van der Waals surface area contributed by atoms with Gasteiger partial charge in [-0.25, -0.2) is 4.98 Å². The number of nitrogens with zero attached hydrogens (tertiary/aromatic N) is 2. The summed E-state index contributed by atoms with van der Waals surface area (Å²) in [6.45, 7) is 0. The molecule has 78 valence electrons. The Labute approximate surface area is 83.2 Å². The third kappa shape index (κ3) is 1.44. The maximum absolute atomic E-state index is 10.2. The molecule has 0 bridgehead atoms. The molecule has 4 nitrogen and oxygen atoms in total. The van der Waals surface area contributed by atoms with Gasteiger partial charge in [0.1, 0.15) is 11.9 Å². The minimum Gasteiger partial charge on any atom is -0.387 e. The standard InChI is InChI=1S/C10H16N2O2/c1-12-7-6-11-9(12)8(13)10(14)4-2-3-5-10/h6-8,13-14H,2-5H2,1H3. The van der Waals surface area contributed by atoms with Gasteiger partial charge in [0.2, 0.25) is 0 Å². The van der Waals surface area contributed by atoms with E-state index in [9.17, 15) is 10.2 Å². The first-order chi connectivity index (χ1) is 6.63. The third-order valence-corrected chi connectivity index (χ3v) is 3.08. The fourth-order valence-corrected chi connectivity index (χ4v) is 2.14. The maximum Gasteiger partial charge on any atom is 0.140 e. The van der Waals surface area contributed by atoms with Crippen molar-refractivity contribution in [1.29, 1.82) is 0 Å². The molecule has 1 aliphatic rings. The number of imidazole rings is 1. The zero-order chi connectivity index (χ0) is 10.2. The Kier molecular flexibility index (Phi) is 2.33. The molecule has 0 spiro atoms. The predicted molar refractivity (Wildman–Crippen MR) is 51.6 cm³/mol. The second-order valence-electron chi connectivity index (χ2n) is 4.11. The Morgan fingerprint density at radius 3 is 2.64 bits per heavy atom. The highest BCUT2D eigenvalue weighted by Gasteiger charge is 2.40. The fraction of sp³-hybridized carbons (Fsp3) is 0.700. The van der Waals surface area contributed by atoms with Gasteiger partial charge in [0, 0.05) is 19.4 Å². The van der Waals surface area contributed by atoms with Crippen LogP contribution in [0.5, 0.6) is 0 Å². The highest BCUT2D eigenvalue weighted by molar-refractivity contribution is 5.05. The molecular formula is C10H16N2O2. The van der Waals surface area contributed by atoms with Gasteiger partial charge in [0.15, 0.2) is 0 Å². The summed E-state index contributed by atoms with van der Waals surface area (Å²) in [5.41, 5.74) is -0.959. The van der Waals surface area contributed by atoms with Crippen LogP contribution in [0.3, 0.4) is 0 Å². The molecule has 0 aliphatic heterocycles. The molecule has 1 aliphatic carbocycles. The summed E-state index contributed by atoms with van der Waals surface area (Å²) >= 11 is 0. The number of hydrogen-bond donors (Lipinski definition) is 2. The Morgan fingerprint density at radius 2 is 2.14 bits per heavy atom. The largest absolute Gasteiger partial charge is 0.387 e. The van der Waals surface area contributed by atoms with Crippen LogP contribution < -0.4 is 0 Å². The molecule has 4 heteroatoms. The average Bonchev–Trinajstić information content (AvgIpc) is 2.74. The van der Waals surface area contributed by atoms with E-state index < -0.39 is 11.7 Å². The number of aliphatic hydroxyl groups excluding tert-OH is 1. The van der Waals surface area contributed by atoms with E-state index in [1.165, 1.54) is 0 Å². The molecule has 1 fully saturated rings. The number of hydrogen-bond acceptors (Lipinski definition) is 3. The first kappa shape index (κ1) is 9.68. The molecule has 1 unspecified atom stereocenters. The van der Waals surface area contributed by atoms with E-state index in [1.807, 2.05) is 7.05 Å². The van der Waals surface area contributed by atoms with Crippen LogP contribution in [0.4, 0.5) is 0 Å². The van der Waals surface area contributed by atoms with Gasteiger partial charge in [0.05, 0.1) is 5.60 Å². The lowest BCUT2D eigenvalue weighted by molar-refractivity contribution is -0.0769. The molecule has 2 N–H and O–H groups in total. The Bertz CT molecular complexity index is 316. The lowest BCUT2D eigenvalue weighted by Crippen LogP contribution is -2.34. The Hall–Kier alpha value is -0.870. The lowest BCUT2D eigenvalue weighted by Gasteiger charge is -2.27. The van der Waals surface area contributed by atoms with Gasteiger partial charge in [-0.3, -0.25) is 0 Å². The van der Waals surface area contributed by atoms with Gasteiger partial charge in [-0.1, -0.05) is 12.8 Å². The van der Waals surface area contributed by atoms with E-state index in [1.54, 1.807) is 17.0 Å². The van der Waals surface area contributed by atoms with Crippen LogP contribution >= 0.6 is 0 Å². The molecule has 0 saturated heterocycles. The van der Waals surface area contributed by atoms with Crippen LogP contribution in [-0.2, 0) is 7.05 Å². The molecule has 0 aromatic carbocycles. The Balaban J connectivity index is 2.23. The van der Waals surface area contributed by atoms with Crippen molar-refractivity contribution in [3.05, 3.63) is 18.2 Å². The molecule has 1 saturated carbocycles. The summed E-state index contributed by atoms with van der Waals surface area (Å²) in [4.78, 5) is 4.06. The van der Waals surface area contributed by atoms with Crippen LogP contribution in [0.15, 0.2) is 12.4 Å². The first-order valence-corrected chi connectivity index (χ1v) is 5.01. The summed E-state index contributed by atoms with van der Waals surface area (Å²) in [5.74, 6) is 0.550. The zero-order valence-corrected chi connectivity index (χ0v) is 8.35. The fourth-order valence-electron chi connectivity index (χ4n) is 2.14. The highest BCUT2D eigenvalue weighted by Crippen LogP contribution is 2.38. The predicted octanol–water partition coefficient (Wildman–Crippen LogP) is 0.759. The van der Waals surface area contributed by atoms with Crippen LogP contribution in [0.2, 0.25) is 0 Å². The zero-order valence-electron chi connectivity index (χ0n) is 8.35. The van der Waals surface area contributed by atoms with Gasteiger partial charge in [-0.2, -0.15) is 0 Å². The van der Waals surface area contributed by atoms with Gasteiger partial charge >= 0.3 is 0 Å². The molecule has 0 amide bonds. The van der Waals surface area contributed by atoms with Crippen molar-refractivity contribution in [3.8, 4) is 0 Å². The van der Waals surface area contributed by atoms with Gasteiger partial charge in [-0.15, -0.1) is 0 Å². The van der Waals surface area contributed by atoms with Gasteiger partial charge in [-0.05, 0) is 12.8 Å². The first-order valence-electron chi connectivity index (χ1n) is 5.01. The van der Waals surface area contributed by atoms with Crippen molar-refractivity contribution in [2.45, 2.75) is 37.4 Å². The van der Waals surface area contributed by atoms with Crippen molar-refractivity contribution in [2.75, 3.05) is 0 Å². The van der Waals surface area contributed by atoms with Crippen LogP contribution in [0.1, 0.15) is 37.6 Å². The molecule has 2 rings (SSSR count). The van der Waals surface area contributed by atoms with E-state index in [4.69, 9.17) is 0 Å². The normalized spacial score (nSPS) is 22.5. The molecule has 1 atom stereocenters. The van der Waals surface area contributed by atoms with Crippen molar-refractivity contribution >= 4 is 0 Å². The second kappa shape index (κ2) is 3.37. The summed E-state index contributed by atoms with van der Waals surface area (Å²) in [5, 5.41) is 20.2. The van der Waals surface area contributed by atoms with Crippen LogP contribution in [0, 0.1) is 0 Å². The van der Waals surface area contributed by atoms with Crippen LogP contribution in [0.25, 0.3) is 0 Å². The van der Waals surface area contributed by atoms with E-state index in [-0.39, 0.29) is 0 Å². The lowest BCUT2D eigenvalue weighted by atomic mass is 9.94. The van der Waals surface area contributed by atoms with E-state index >= 15 is 0 Å². The molecule has 14 heavy (non-hydrogen) atoms. The monoisotopic (exact) mass is 196 g/mol. The molecule has 1 aromatic heterocycles. The minimum atomic E-state index is -0.959. The van der Waals surface area contributed by atoms with Gasteiger partial charge < -0.3 is 14.8 Å². The number of aliphatic hydroxyl groups is 2. The van der Waals surface area contributed by atoms with E-state index in [0.29, 0.717) is 18.7 Å². The smallest absolute Gasteiger partial charge is 0.140 e. The molecular weight excluding hydrogens is 180 g/mol. The Morgan fingerprint density at radius 1 is 1.50 bits per heavy atom. The summed E-state index contributed by atoms with van der Waals surface area (Å²) in [6, 6.07) is 0. The average molecular weight is 196 g/mol. The summed E-state index contributed by atoms with van der Waals surface area (Å²) in [7, 11) is 1.82. The van der Waals surface area contributed by atoms with Gasteiger partial charge in [0.25, 0.3) is 0 Å². The van der Waals surface area contributed by atoms with Crippen LogP contribution in [-0.4, -0.2) is 25.4 Å². The van der Waals surface area contributed by atoms with Crippen molar-refractivity contribution in [1.82, 2.24) is 9.55 Å². The number of aryl methyl sites for hydroxylation is 1. The van der Waals surface area contributed by atoms with E-state index in [2.05, 4.69) is 4.98 Å². The topological polar surface area (TPSA) is 58.3 Å². The van der Waals surface area contributed by atoms with Crippen molar-refractivity contribution < 1.29 is 10.2 Å².